The number of hydrogen-bond acceptors (Lipinski definition) is 4. The number of carbonyl (C=O) groups is 1. The first-order valence-corrected chi connectivity index (χ1v) is 8.46. The molecule has 3 rings (SSSR count). The second-order valence-corrected chi connectivity index (χ2v) is 6.42. The molecule has 6 nitrogen and oxygen atoms in total. The summed E-state index contributed by atoms with van der Waals surface area (Å²) in [6.45, 7) is 3.31. The van der Waals surface area contributed by atoms with Gasteiger partial charge in [-0.1, -0.05) is 0 Å². The number of nitriles is 1. The van der Waals surface area contributed by atoms with Crippen molar-refractivity contribution < 1.29 is 16.4 Å². The molecule has 3 aromatic rings. The number of aromatic amines is 1. The lowest BCUT2D eigenvalue weighted by Gasteiger charge is -2.14. The molecule has 0 aliphatic rings. The molecular formula is C20H20F2N4O2. The van der Waals surface area contributed by atoms with E-state index in [1.165, 1.54) is 6.20 Å². The summed E-state index contributed by atoms with van der Waals surface area (Å²) in [5, 5.41) is 11.9. The number of halogens is 2. The third-order valence-electron chi connectivity index (χ3n) is 4.51. The van der Waals surface area contributed by atoms with Gasteiger partial charge in [0, 0.05) is 26.1 Å². The van der Waals surface area contributed by atoms with Crippen LogP contribution in [0, 0.1) is 29.9 Å². The Morgan fingerprint density at radius 2 is 2.07 bits per heavy atom. The van der Waals surface area contributed by atoms with E-state index < -0.39 is 29.1 Å². The average molecular weight is 386 g/mol. The van der Waals surface area contributed by atoms with Crippen LogP contribution in [0.4, 0.5) is 8.78 Å². The molecule has 28 heavy (non-hydrogen) atoms. The molecule has 1 amide bonds. The number of nitrogens with one attached hydrogen (secondary N) is 2. The molecule has 0 unspecified atom stereocenters. The van der Waals surface area contributed by atoms with Gasteiger partial charge in [-0.3, -0.25) is 14.6 Å². The molecular weight excluding hydrogens is 366 g/mol. The van der Waals surface area contributed by atoms with Gasteiger partial charge in [-0.2, -0.15) is 5.26 Å². The molecule has 0 radical (unpaired) electrons. The van der Waals surface area contributed by atoms with Crippen molar-refractivity contribution in [2.45, 2.75) is 26.3 Å². The van der Waals surface area contributed by atoms with Gasteiger partial charge in [-0.15, -0.1) is 0 Å². The van der Waals surface area contributed by atoms with Crippen molar-refractivity contribution in [3.8, 4) is 6.07 Å². The van der Waals surface area contributed by atoms with Crippen molar-refractivity contribution in [3.05, 3.63) is 74.8 Å². The first kappa shape index (κ1) is 19.2. The Morgan fingerprint density at radius 3 is 2.71 bits per heavy atom. The normalized spacial score (nSPS) is 11.8. The SMILES string of the molecule is Cc1c(CC(=O)N[C@H](C)c2ccc(C#N)cn2)c(=O)[nH]c2cc(F)c(F)cc12.[HH].[HH]. The number of nitrogens with zero attached hydrogens (tertiary/aromatic N) is 2. The maximum Gasteiger partial charge on any atom is 0.252 e. The third kappa shape index (κ3) is 3.74. The summed E-state index contributed by atoms with van der Waals surface area (Å²) in [5.74, 6) is -2.51. The van der Waals surface area contributed by atoms with Crippen LogP contribution in [0.25, 0.3) is 10.9 Å². The highest BCUT2D eigenvalue weighted by molar-refractivity contribution is 5.86. The van der Waals surface area contributed by atoms with Gasteiger partial charge in [0.25, 0.3) is 5.56 Å². The Balaban J connectivity index is 0.00000225. The summed E-state index contributed by atoms with van der Waals surface area (Å²) in [5.41, 5.74) is 1.20. The number of fused-ring (bicyclic) bond motifs is 1. The van der Waals surface area contributed by atoms with Gasteiger partial charge < -0.3 is 10.3 Å². The minimum atomic E-state index is -1.06. The third-order valence-corrected chi connectivity index (χ3v) is 4.51. The number of pyridine rings is 2. The topological polar surface area (TPSA) is 98.6 Å². The molecule has 0 aliphatic carbocycles. The van der Waals surface area contributed by atoms with Crippen molar-refractivity contribution in [1.82, 2.24) is 15.3 Å². The molecule has 8 heteroatoms. The molecule has 2 aromatic heterocycles. The molecule has 1 atom stereocenters. The van der Waals surface area contributed by atoms with E-state index in [0.29, 0.717) is 22.2 Å². The Labute approximate surface area is 161 Å². The summed E-state index contributed by atoms with van der Waals surface area (Å²) in [4.78, 5) is 31.3. The minimum absolute atomic E-state index is 0. The summed E-state index contributed by atoms with van der Waals surface area (Å²) in [7, 11) is 0. The lowest BCUT2D eigenvalue weighted by molar-refractivity contribution is -0.121. The fourth-order valence-corrected chi connectivity index (χ4v) is 2.96. The lowest BCUT2D eigenvalue weighted by Crippen LogP contribution is -2.31. The zero-order valence-corrected chi connectivity index (χ0v) is 15.1. The number of amides is 1. The Bertz CT molecular complexity index is 1170. The minimum Gasteiger partial charge on any atom is -0.348 e. The number of aromatic nitrogens is 2. The Hall–Kier alpha value is -3.60. The van der Waals surface area contributed by atoms with E-state index in [2.05, 4.69) is 15.3 Å². The lowest BCUT2D eigenvalue weighted by atomic mass is 10.0. The van der Waals surface area contributed by atoms with E-state index in [1.807, 2.05) is 6.07 Å². The molecule has 0 aliphatic heterocycles. The fourth-order valence-electron chi connectivity index (χ4n) is 2.96. The Morgan fingerprint density at radius 1 is 1.36 bits per heavy atom. The predicted octanol–water partition coefficient (Wildman–Crippen LogP) is 3.29. The van der Waals surface area contributed by atoms with Crippen LogP contribution in [0.5, 0.6) is 0 Å². The first-order valence-electron chi connectivity index (χ1n) is 8.46. The van der Waals surface area contributed by atoms with E-state index in [0.717, 1.165) is 12.1 Å². The number of benzene rings is 1. The summed E-state index contributed by atoms with van der Waals surface area (Å²) in [6.07, 6.45) is 1.18. The van der Waals surface area contributed by atoms with Crippen LogP contribution in [-0.2, 0) is 11.2 Å². The molecule has 2 N–H and O–H groups in total. The van der Waals surface area contributed by atoms with E-state index in [1.54, 1.807) is 26.0 Å². The number of hydrogen-bond donors (Lipinski definition) is 2. The predicted molar refractivity (Wildman–Crippen MR) is 103 cm³/mol. The van der Waals surface area contributed by atoms with Gasteiger partial charge >= 0.3 is 0 Å². The van der Waals surface area contributed by atoms with Crippen LogP contribution in [0.15, 0.2) is 35.3 Å². The van der Waals surface area contributed by atoms with E-state index in [9.17, 15) is 18.4 Å². The number of rotatable bonds is 4. The van der Waals surface area contributed by atoms with Crippen LogP contribution in [0.3, 0.4) is 0 Å². The molecule has 2 heterocycles. The Kier molecular flexibility index (Phi) is 5.18. The standard InChI is InChI=1S/C20H16F2N4O2.2H2/c1-10-13-5-15(21)16(22)7-18(13)26-20(28)14(10)6-19(27)25-11(2)17-4-3-12(8-23)9-24-17;;/h3-5,7,9,11H,6H2,1-2H3,(H,25,27)(H,26,28);2*1H/t11-;;/m1../s1. The average Bonchev–Trinajstić information content (AvgIpc) is 2.67. The molecule has 0 spiro atoms. The molecule has 0 bridgehead atoms. The smallest absolute Gasteiger partial charge is 0.252 e. The van der Waals surface area contributed by atoms with Gasteiger partial charge in [-0.25, -0.2) is 8.78 Å². The zero-order chi connectivity index (χ0) is 20.4. The van der Waals surface area contributed by atoms with Gasteiger partial charge in [0.1, 0.15) is 6.07 Å². The second-order valence-electron chi connectivity index (χ2n) is 6.42. The molecule has 0 saturated heterocycles. The quantitative estimate of drug-likeness (QED) is 0.719. The van der Waals surface area contributed by atoms with Gasteiger partial charge in [0.05, 0.1) is 29.2 Å². The monoisotopic (exact) mass is 386 g/mol. The summed E-state index contributed by atoms with van der Waals surface area (Å²) >= 11 is 0. The van der Waals surface area contributed by atoms with Gasteiger partial charge in [0.2, 0.25) is 5.91 Å². The molecule has 1 aromatic carbocycles. The zero-order valence-electron chi connectivity index (χ0n) is 15.1. The van der Waals surface area contributed by atoms with E-state index in [-0.39, 0.29) is 20.4 Å². The number of carbonyl (C=O) groups excluding carboxylic acids is 1. The van der Waals surface area contributed by atoms with Crippen LogP contribution >= 0.6 is 0 Å². The van der Waals surface area contributed by atoms with Crippen LogP contribution < -0.4 is 10.9 Å². The van der Waals surface area contributed by atoms with Crippen LogP contribution in [0.1, 0.15) is 38.2 Å². The second kappa shape index (κ2) is 7.56. The highest BCUT2D eigenvalue weighted by Crippen LogP contribution is 2.21. The van der Waals surface area contributed by atoms with Crippen LogP contribution in [-0.4, -0.2) is 15.9 Å². The van der Waals surface area contributed by atoms with Crippen molar-refractivity contribution in [3.63, 3.8) is 0 Å². The molecule has 0 saturated carbocycles. The van der Waals surface area contributed by atoms with Gasteiger partial charge in [-0.05, 0) is 37.6 Å². The molecule has 146 valence electrons. The highest BCUT2D eigenvalue weighted by Gasteiger charge is 2.17. The largest absolute Gasteiger partial charge is 0.348 e. The van der Waals surface area contributed by atoms with E-state index in [4.69, 9.17) is 5.26 Å². The molecule has 0 fully saturated rings. The maximum atomic E-state index is 13.6. The fraction of sp³-hybridized carbons (Fsp3) is 0.200. The van der Waals surface area contributed by atoms with Crippen molar-refractivity contribution in [1.29, 1.82) is 5.26 Å². The number of aryl methyl sites for hydroxylation is 1. The van der Waals surface area contributed by atoms with Crippen molar-refractivity contribution in [2.24, 2.45) is 0 Å². The van der Waals surface area contributed by atoms with Crippen LogP contribution in [0.2, 0.25) is 0 Å². The summed E-state index contributed by atoms with van der Waals surface area (Å²) in [6, 6.07) is 6.67. The van der Waals surface area contributed by atoms with E-state index >= 15 is 0 Å². The summed E-state index contributed by atoms with van der Waals surface area (Å²) < 4.78 is 27.0. The highest BCUT2D eigenvalue weighted by atomic mass is 19.2. The maximum absolute atomic E-state index is 13.6. The van der Waals surface area contributed by atoms with Crippen molar-refractivity contribution in [2.75, 3.05) is 0 Å². The number of H-pyrrole nitrogens is 1. The van der Waals surface area contributed by atoms with Crippen molar-refractivity contribution >= 4 is 16.8 Å². The first-order chi connectivity index (χ1) is 13.3. The van der Waals surface area contributed by atoms with Gasteiger partial charge in [0.15, 0.2) is 11.6 Å².